The Bertz CT molecular complexity index is 710. The van der Waals surface area contributed by atoms with Gasteiger partial charge in [0.15, 0.2) is 5.78 Å². The molecule has 4 aliphatic rings. The Kier molecular flexibility index (Phi) is 6.21. The van der Waals surface area contributed by atoms with Gasteiger partial charge in [0.05, 0.1) is 18.8 Å². The summed E-state index contributed by atoms with van der Waals surface area (Å²) < 4.78 is 5.85. The molecule has 4 rings (SSSR count). The summed E-state index contributed by atoms with van der Waals surface area (Å²) in [6.07, 6.45) is 12.6. The van der Waals surface area contributed by atoms with E-state index in [9.17, 15) is 9.90 Å². The molecule has 8 atom stereocenters. The van der Waals surface area contributed by atoms with E-state index in [1.807, 2.05) is 14.0 Å². The molecule has 6 nitrogen and oxygen atoms in total. The fourth-order valence-corrected chi connectivity index (χ4v) is 8.77. The minimum atomic E-state index is -0.533. The molecule has 0 heterocycles. The van der Waals surface area contributed by atoms with Crippen LogP contribution in [0.15, 0.2) is 12.4 Å². The molecule has 0 aromatic carbocycles. The summed E-state index contributed by atoms with van der Waals surface area (Å²) in [6, 6.07) is 0. The van der Waals surface area contributed by atoms with E-state index in [4.69, 9.17) is 16.3 Å². The lowest BCUT2D eigenvalue weighted by atomic mass is 9.43. The van der Waals surface area contributed by atoms with Gasteiger partial charge in [0, 0.05) is 25.4 Å². The number of fused-ring (bicyclic) bond motifs is 5. The molecule has 0 aromatic heterocycles. The number of ketones is 1. The molecule has 0 bridgehead atoms. The summed E-state index contributed by atoms with van der Waals surface area (Å²) in [7, 11) is 1.84. The molecule has 4 fully saturated rings. The lowest BCUT2D eigenvalue weighted by molar-refractivity contribution is -0.175. The molecule has 0 aromatic rings. The summed E-state index contributed by atoms with van der Waals surface area (Å²) in [5.74, 6) is 8.76. The Morgan fingerprint density at radius 2 is 1.90 bits per heavy atom. The average molecular weight is 434 g/mol. The first-order valence-corrected chi connectivity index (χ1v) is 12.3. The maximum Gasteiger partial charge on any atom is 0.157 e. The fourth-order valence-electron chi connectivity index (χ4n) is 8.77. The Balaban J connectivity index is 1.55. The van der Waals surface area contributed by atoms with Crippen molar-refractivity contribution < 1.29 is 14.6 Å². The fraction of sp³-hybridized carbons (Fsp3) is 0.880. The van der Waals surface area contributed by atoms with Crippen LogP contribution in [0.5, 0.6) is 0 Å². The number of methoxy groups -OCH3 is 1. The van der Waals surface area contributed by atoms with Gasteiger partial charge in [-0.25, -0.2) is 5.84 Å². The topological polar surface area (TPSA) is 102 Å². The van der Waals surface area contributed by atoms with Crippen LogP contribution in [0.4, 0.5) is 0 Å². The van der Waals surface area contributed by atoms with Crippen LogP contribution in [-0.2, 0) is 9.53 Å². The van der Waals surface area contributed by atoms with Gasteiger partial charge < -0.3 is 20.6 Å². The van der Waals surface area contributed by atoms with Crippen LogP contribution in [-0.4, -0.2) is 41.8 Å². The first-order chi connectivity index (χ1) is 14.7. The van der Waals surface area contributed by atoms with E-state index in [2.05, 4.69) is 6.92 Å². The standard InChI is InChI=1S/C25H43N3O3/c1-23(30)10-11-25(16-31-3)17(14-23)4-5-18-19-6-7-21(22(29)15-28(27)13-12-26)24(19,2)9-8-20(18)25/h12-13,17-21,30H,4-11,14-16,26-27H2,1-3H3/b13-12-. The zero-order valence-corrected chi connectivity index (χ0v) is 19.7. The first-order valence-electron chi connectivity index (χ1n) is 12.3. The van der Waals surface area contributed by atoms with Gasteiger partial charge in [-0.3, -0.25) is 4.79 Å². The second-order valence-corrected chi connectivity index (χ2v) is 11.7. The van der Waals surface area contributed by atoms with Crippen LogP contribution in [0.1, 0.15) is 71.6 Å². The maximum atomic E-state index is 13.2. The minimum Gasteiger partial charge on any atom is -0.403 e. The van der Waals surface area contributed by atoms with E-state index in [1.54, 1.807) is 6.20 Å². The molecular weight excluding hydrogens is 390 g/mol. The van der Waals surface area contributed by atoms with Crippen molar-refractivity contribution in [3.05, 3.63) is 12.4 Å². The van der Waals surface area contributed by atoms with Crippen LogP contribution in [0, 0.1) is 40.4 Å². The molecule has 0 radical (unpaired) electrons. The number of hydrogen-bond acceptors (Lipinski definition) is 6. The Morgan fingerprint density at radius 1 is 1.13 bits per heavy atom. The van der Waals surface area contributed by atoms with Crippen LogP contribution in [0.3, 0.4) is 0 Å². The van der Waals surface area contributed by atoms with Gasteiger partial charge in [0.25, 0.3) is 0 Å². The third-order valence-corrected chi connectivity index (χ3v) is 10.1. The Labute approximate surface area is 187 Å². The lowest BCUT2D eigenvalue weighted by Gasteiger charge is -2.62. The third-order valence-electron chi connectivity index (χ3n) is 10.1. The highest BCUT2D eigenvalue weighted by atomic mass is 16.5. The zero-order valence-electron chi connectivity index (χ0n) is 19.7. The number of nitrogens with zero attached hydrogens (tertiary/aromatic N) is 1. The first kappa shape index (κ1) is 23.1. The molecule has 0 amide bonds. The normalized spacial score (nSPS) is 46.9. The van der Waals surface area contributed by atoms with Crippen molar-refractivity contribution in [1.29, 1.82) is 0 Å². The average Bonchev–Trinajstić information content (AvgIpc) is 3.05. The SMILES string of the molecule is COCC12CCC(C)(O)CC1CCC1C3CCC(C(=O)CN(N)/C=C\N)C3(C)CCC12. The molecule has 8 unspecified atom stereocenters. The summed E-state index contributed by atoms with van der Waals surface area (Å²) >= 11 is 0. The number of ether oxygens (including phenoxy) is 1. The van der Waals surface area contributed by atoms with E-state index >= 15 is 0 Å². The van der Waals surface area contributed by atoms with Crippen molar-refractivity contribution in [3.8, 4) is 0 Å². The Hall–Kier alpha value is -1.11. The minimum absolute atomic E-state index is 0.0762. The molecule has 6 heteroatoms. The molecule has 176 valence electrons. The number of nitrogens with two attached hydrogens (primary N) is 2. The predicted octanol–water partition coefficient (Wildman–Crippen LogP) is 3.20. The molecule has 0 aliphatic heterocycles. The lowest BCUT2D eigenvalue weighted by Crippen LogP contribution is -2.58. The van der Waals surface area contributed by atoms with Crippen molar-refractivity contribution in [2.75, 3.05) is 20.3 Å². The second-order valence-electron chi connectivity index (χ2n) is 11.7. The number of aliphatic hydroxyl groups is 1. The van der Waals surface area contributed by atoms with Crippen molar-refractivity contribution in [2.45, 2.75) is 77.2 Å². The molecule has 0 saturated heterocycles. The molecule has 5 N–H and O–H groups in total. The molecular formula is C25H43N3O3. The second kappa shape index (κ2) is 8.35. The van der Waals surface area contributed by atoms with Gasteiger partial charge in [-0.2, -0.15) is 0 Å². The predicted molar refractivity (Wildman–Crippen MR) is 121 cm³/mol. The summed E-state index contributed by atoms with van der Waals surface area (Å²) in [5.41, 5.74) is 5.17. The number of rotatable bonds is 6. The van der Waals surface area contributed by atoms with E-state index in [0.29, 0.717) is 23.7 Å². The number of carbonyl (C=O) groups excluding carboxylic acids is 1. The number of Topliss-reactive ketones (excluding diaryl/α,β-unsaturated/α-hetero) is 1. The number of hydrazine groups is 1. The summed E-state index contributed by atoms with van der Waals surface area (Å²) in [5, 5.41) is 12.2. The summed E-state index contributed by atoms with van der Waals surface area (Å²) in [6.45, 7) is 5.44. The van der Waals surface area contributed by atoms with Crippen molar-refractivity contribution in [1.82, 2.24) is 5.01 Å². The smallest absolute Gasteiger partial charge is 0.157 e. The van der Waals surface area contributed by atoms with Crippen molar-refractivity contribution >= 4 is 5.78 Å². The quantitative estimate of drug-likeness (QED) is 0.439. The monoisotopic (exact) mass is 433 g/mol. The highest BCUT2D eigenvalue weighted by Crippen LogP contribution is 2.68. The van der Waals surface area contributed by atoms with Gasteiger partial charge >= 0.3 is 0 Å². The number of hydrogen-bond donors (Lipinski definition) is 3. The van der Waals surface area contributed by atoms with Crippen LogP contribution < -0.4 is 11.6 Å². The largest absolute Gasteiger partial charge is 0.403 e. The third kappa shape index (κ3) is 3.83. The molecule has 0 spiro atoms. The van der Waals surface area contributed by atoms with E-state index in [1.165, 1.54) is 30.5 Å². The zero-order chi connectivity index (χ0) is 22.4. The molecule has 4 saturated carbocycles. The van der Waals surface area contributed by atoms with E-state index in [0.717, 1.165) is 45.1 Å². The molecule has 4 aliphatic carbocycles. The van der Waals surface area contributed by atoms with Crippen LogP contribution in [0.2, 0.25) is 0 Å². The van der Waals surface area contributed by atoms with Gasteiger partial charge in [0.2, 0.25) is 0 Å². The van der Waals surface area contributed by atoms with Gasteiger partial charge in [-0.15, -0.1) is 0 Å². The van der Waals surface area contributed by atoms with Gasteiger partial charge in [0.1, 0.15) is 0 Å². The van der Waals surface area contributed by atoms with Gasteiger partial charge in [-0.1, -0.05) is 6.92 Å². The van der Waals surface area contributed by atoms with Crippen molar-refractivity contribution in [3.63, 3.8) is 0 Å². The van der Waals surface area contributed by atoms with Crippen LogP contribution >= 0.6 is 0 Å². The van der Waals surface area contributed by atoms with Crippen molar-refractivity contribution in [2.24, 2.45) is 52.0 Å². The summed E-state index contributed by atoms with van der Waals surface area (Å²) in [4.78, 5) is 13.2. The Morgan fingerprint density at radius 3 is 2.61 bits per heavy atom. The van der Waals surface area contributed by atoms with Crippen LogP contribution in [0.25, 0.3) is 0 Å². The van der Waals surface area contributed by atoms with Gasteiger partial charge in [-0.05, 0) is 99.2 Å². The highest BCUT2D eigenvalue weighted by molar-refractivity contribution is 5.84. The maximum absolute atomic E-state index is 13.2. The van der Waals surface area contributed by atoms with E-state index < -0.39 is 5.60 Å². The molecule has 31 heavy (non-hydrogen) atoms. The van der Waals surface area contributed by atoms with E-state index in [-0.39, 0.29) is 29.1 Å². The highest BCUT2D eigenvalue weighted by Gasteiger charge is 2.63. The number of carbonyl (C=O) groups is 1.